The summed E-state index contributed by atoms with van der Waals surface area (Å²) in [5.74, 6) is -1.91. The molecule has 0 aromatic heterocycles. The lowest BCUT2D eigenvalue weighted by molar-refractivity contribution is 0.0692. The molecule has 1 rings (SSSR count). The lowest BCUT2D eigenvalue weighted by Gasteiger charge is -2.22. The first-order valence-corrected chi connectivity index (χ1v) is 4.88. The monoisotopic (exact) mass is 211 g/mol. The van der Waals surface area contributed by atoms with Gasteiger partial charge in [0, 0.05) is 13.1 Å². The highest BCUT2D eigenvalue weighted by molar-refractivity contribution is 5.94. The van der Waals surface area contributed by atoms with Crippen molar-refractivity contribution in [2.24, 2.45) is 0 Å². The zero-order valence-electron chi connectivity index (χ0n) is 8.83. The van der Waals surface area contributed by atoms with Crippen molar-refractivity contribution < 1.29 is 14.3 Å². The van der Waals surface area contributed by atoms with E-state index in [9.17, 15) is 9.18 Å². The molecule has 0 aliphatic rings. The number of carboxylic acid groups (broad SMARTS) is 1. The van der Waals surface area contributed by atoms with Crippen molar-refractivity contribution in [1.29, 1.82) is 0 Å². The fourth-order valence-corrected chi connectivity index (χ4v) is 1.55. The van der Waals surface area contributed by atoms with Crippen LogP contribution in [0.2, 0.25) is 0 Å². The fraction of sp³-hybridized carbons (Fsp3) is 0.364. The van der Waals surface area contributed by atoms with Gasteiger partial charge in [0.2, 0.25) is 0 Å². The Bertz CT molecular complexity index is 362. The Morgan fingerprint density at radius 3 is 2.47 bits per heavy atom. The van der Waals surface area contributed by atoms with Crippen LogP contribution in [0.4, 0.5) is 10.1 Å². The van der Waals surface area contributed by atoms with Crippen LogP contribution in [0, 0.1) is 5.82 Å². The molecule has 0 saturated heterocycles. The molecule has 0 amide bonds. The second-order valence-electron chi connectivity index (χ2n) is 3.11. The lowest BCUT2D eigenvalue weighted by Crippen LogP contribution is -2.24. The maximum Gasteiger partial charge on any atom is 0.340 e. The molecule has 0 heterocycles. The summed E-state index contributed by atoms with van der Waals surface area (Å²) in [6.45, 7) is 5.11. The zero-order chi connectivity index (χ0) is 11.4. The minimum absolute atomic E-state index is 0.249. The molecule has 0 aliphatic carbocycles. The van der Waals surface area contributed by atoms with Crippen molar-refractivity contribution in [3.05, 3.63) is 29.6 Å². The fourth-order valence-electron chi connectivity index (χ4n) is 1.55. The number of halogens is 1. The van der Waals surface area contributed by atoms with Gasteiger partial charge in [-0.1, -0.05) is 6.07 Å². The molecular formula is C11H14FNO2. The topological polar surface area (TPSA) is 40.5 Å². The average Bonchev–Trinajstić information content (AvgIpc) is 2.19. The molecule has 4 heteroatoms. The third kappa shape index (κ3) is 2.26. The minimum atomic E-state index is -1.23. The van der Waals surface area contributed by atoms with Gasteiger partial charge in [-0.2, -0.15) is 0 Å². The summed E-state index contributed by atoms with van der Waals surface area (Å²) in [4.78, 5) is 12.7. The van der Waals surface area contributed by atoms with Crippen LogP contribution >= 0.6 is 0 Å². The number of hydrogen-bond donors (Lipinski definition) is 1. The number of nitrogens with zero attached hydrogens (tertiary/aromatic N) is 1. The van der Waals surface area contributed by atoms with Crippen LogP contribution in [0.5, 0.6) is 0 Å². The normalized spacial score (nSPS) is 10.1. The predicted octanol–water partition coefficient (Wildman–Crippen LogP) is 2.37. The molecule has 1 aromatic rings. The van der Waals surface area contributed by atoms with Gasteiger partial charge in [-0.3, -0.25) is 0 Å². The first-order chi connectivity index (χ1) is 7.11. The van der Waals surface area contributed by atoms with E-state index >= 15 is 0 Å². The average molecular weight is 211 g/mol. The third-order valence-corrected chi connectivity index (χ3v) is 2.31. The van der Waals surface area contributed by atoms with Crippen LogP contribution in [0.15, 0.2) is 18.2 Å². The van der Waals surface area contributed by atoms with Crippen molar-refractivity contribution in [1.82, 2.24) is 0 Å². The molecular weight excluding hydrogens is 197 g/mol. The van der Waals surface area contributed by atoms with Gasteiger partial charge in [0.25, 0.3) is 0 Å². The van der Waals surface area contributed by atoms with Crippen molar-refractivity contribution in [3.63, 3.8) is 0 Å². The van der Waals surface area contributed by atoms with E-state index in [1.807, 2.05) is 18.7 Å². The molecule has 1 N–H and O–H groups in total. The maximum absolute atomic E-state index is 13.3. The van der Waals surface area contributed by atoms with Gasteiger partial charge in [-0.25, -0.2) is 9.18 Å². The summed E-state index contributed by atoms with van der Waals surface area (Å²) in [6.07, 6.45) is 0. The summed E-state index contributed by atoms with van der Waals surface area (Å²) in [5.41, 5.74) is 0.189. The van der Waals surface area contributed by atoms with Gasteiger partial charge in [0.1, 0.15) is 11.4 Å². The lowest BCUT2D eigenvalue weighted by atomic mass is 10.1. The number of rotatable bonds is 4. The van der Waals surface area contributed by atoms with Crippen molar-refractivity contribution in [3.8, 4) is 0 Å². The number of carbonyl (C=O) groups is 1. The highest BCUT2D eigenvalue weighted by Gasteiger charge is 2.18. The molecule has 0 unspecified atom stereocenters. The zero-order valence-corrected chi connectivity index (χ0v) is 8.83. The number of anilines is 1. The second kappa shape index (κ2) is 4.77. The number of hydrogen-bond acceptors (Lipinski definition) is 2. The molecule has 0 aliphatic heterocycles. The van der Waals surface area contributed by atoms with Gasteiger partial charge in [0.05, 0.1) is 5.69 Å². The summed E-state index contributed by atoms with van der Waals surface area (Å²) in [5, 5.41) is 8.92. The second-order valence-corrected chi connectivity index (χ2v) is 3.11. The Kier molecular flexibility index (Phi) is 3.66. The van der Waals surface area contributed by atoms with E-state index in [0.717, 1.165) is 6.07 Å². The Balaban J connectivity index is 3.27. The van der Waals surface area contributed by atoms with Gasteiger partial charge >= 0.3 is 5.97 Å². The van der Waals surface area contributed by atoms with Crippen LogP contribution in [0.25, 0.3) is 0 Å². The van der Waals surface area contributed by atoms with Crippen molar-refractivity contribution in [2.75, 3.05) is 18.0 Å². The molecule has 3 nitrogen and oxygen atoms in total. The Hall–Kier alpha value is -1.58. The Morgan fingerprint density at radius 2 is 2.00 bits per heavy atom. The summed E-state index contributed by atoms with van der Waals surface area (Å²) in [6, 6.07) is 4.31. The van der Waals surface area contributed by atoms with Crippen LogP contribution in [0.1, 0.15) is 24.2 Å². The van der Waals surface area contributed by atoms with E-state index in [2.05, 4.69) is 0 Å². The van der Waals surface area contributed by atoms with E-state index < -0.39 is 11.8 Å². The maximum atomic E-state index is 13.3. The van der Waals surface area contributed by atoms with E-state index in [0.29, 0.717) is 18.8 Å². The van der Waals surface area contributed by atoms with Crippen LogP contribution in [0.3, 0.4) is 0 Å². The van der Waals surface area contributed by atoms with Crippen LogP contribution in [-0.2, 0) is 0 Å². The van der Waals surface area contributed by atoms with E-state index in [4.69, 9.17) is 5.11 Å². The first kappa shape index (κ1) is 11.5. The SMILES string of the molecule is CCN(CC)c1cccc(F)c1C(=O)O. The van der Waals surface area contributed by atoms with Gasteiger partial charge < -0.3 is 10.0 Å². The summed E-state index contributed by atoms with van der Waals surface area (Å²) >= 11 is 0. The van der Waals surface area contributed by atoms with Crippen LogP contribution < -0.4 is 4.90 Å². The molecule has 82 valence electrons. The highest BCUT2D eigenvalue weighted by Crippen LogP contribution is 2.22. The van der Waals surface area contributed by atoms with Gasteiger partial charge in [0.15, 0.2) is 0 Å². The van der Waals surface area contributed by atoms with Gasteiger partial charge in [-0.05, 0) is 26.0 Å². The Morgan fingerprint density at radius 1 is 1.40 bits per heavy atom. The van der Waals surface area contributed by atoms with Crippen molar-refractivity contribution in [2.45, 2.75) is 13.8 Å². The predicted molar refractivity (Wildman–Crippen MR) is 56.9 cm³/mol. The summed E-state index contributed by atoms with van der Waals surface area (Å²) in [7, 11) is 0. The molecule has 0 atom stereocenters. The number of carboxylic acids is 1. The molecule has 0 bridgehead atoms. The standard InChI is InChI=1S/C11H14FNO2/c1-3-13(4-2)9-7-5-6-8(12)10(9)11(14)15/h5-7H,3-4H2,1-2H3,(H,14,15). The molecule has 0 spiro atoms. The summed E-state index contributed by atoms with van der Waals surface area (Å²) < 4.78 is 13.3. The Labute approximate surface area is 88.1 Å². The molecule has 0 fully saturated rings. The number of aromatic carboxylic acids is 1. The van der Waals surface area contributed by atoms with E-state index in [-0.39, 0.29) is 5.56 Å². The van der Waals surface area contributed by atoms with E-state index in [1.54, 1.807) is 6.07 Å². The number of benzene rings is 1. The highest BCUT2D eigenvalue weighted by atomic mass is 19.1. The largest absolute Gasteiger partial charge is 0.478 e. The molecule has 0 saturated carbocycles. The van der Waals surface area contributed by atoms with E-state index in [1.165, 1.54) is 6.07 Å². The van der Waals surface area contributed by atoms with Crippen LogP contribution in [-0.4, -0.2) is 24.2 Å². The van der Waals surface area contributed by atoms with Crippen molar-refractivity contribution >= 4 is 11.7 Å². The van der Waals surface area contributed by atoms with Gasteiger partial charge in [-0.15, -0.1) is 0 Å². The quantitative estimate of drug-likeness (QED) is 0.831. The smallest absolute Gasteiger partial charge is 0.340 e. The minimum Gasteiger partial charge on any atom is -0.478 e. The third-order valence-electron chi connectivity index (χ3n) is 2.31. The molecule has 0 radical (unpaired) electrons. The molecule has 15 heavy (non-hydrogen) atoms. The first-order valence-electron chi connectivity index (χ1n) is 4.88. The molecule has 1 aromatic carbocycles.